The predicted octanol–water partition coefficient (Wildman–Crippen LogP) is 2.91. The molecule has 212 valence electrons. The van der Waals surface area contributed by atoms with Crippen LogP contribution in [0.1, 0.15) is 39.2 Å². The Morgan fingerprint density at radius 1 is 1.33 bits per heavy atom. The Kier molecular flexibility index (Phi) is 12.5. The van der Waals surface area contributed by atoms with Gasteiger partial charge in [0, 0.05) is 13.0 Å². The fourth-order valence-electron chi connectivity index (χ4n) is 4.46. The lowest BCUT2D eigenvalue weighted by Gasteiger charge is -2.31. The lowest BCUT2D eigenvalue weighted by molar-refractivity contribution is -0.147. The summed E-state index contributed by atoms with van der Waals surface area (Å²) in [4.78, 5) is 45.1. The van der Waals surface area contributed by atoms with Crippen LogP contribution in [0.5, 0.6) is 0 Å². The van der Waals surface area contributed by atoms with Gasteiger partial charge in [0.2, 0.25) is 11.8 Å². The normalized spacial score (nSPS) is 21.2. The highest BCUT2D eigenvalue weighted by atomic mass is 16.6. The van der Waals surface area contributed by atoms with Crippen molar-refractivity contribution in [2.75, 3.05) is 33.5 Å². The van der Waals surface area contributed by atoms with Crippen molar-refractivity contribution in [3.05, 3.63) is 48.6 Å². The average Bonchev–Trinajstić information content (AvgIpc) is 3.62. The van der Waals surface area contributed by atoms with Crippen molar-refractivity contribution >= 4 is 23.9 Å². The molecule has 1 aromatic rings. The minimum absolute atomic E-state index is 0.000325. The van der Waals surface area contributed by atoms with Crippen LogP contribution < -0.4 is 5.32 Å². The molecule has 1 saturated heterocycles. The van der Waals surface area contributed by atoms with E-state index in [-0.39, 0.29) is 25.7 Å². The molecule has 2 aliphatic rings. The topological polar surface area (TPSA) is 116 Å². The molecule has 2 aliphatic heterocycles. The number of carbonyl (C=O) groups excluding carboxylic acids is 3. The summed E-state index contributed by atoms with van der Waals surface area (Å²) >= 11 is 0. The average molecular weight is 542 g/mol. The molecule has 0 bridgehead atoms. The number of nitrogens with zero attached hydrogens (tertiary/aromatic N) is 2. The summed E-state index contributed by atoms with van der Waals surface area (Å²) in [7, 11) is 1.31. The van der Waals surface area contributed by atoms with Crippen molar-refractivity contribution in [2.45, 2.75) is 63.8 Å². The van der Waals surface area contributed by atoms with Crippen LogP contribution in [0.15, 0.2) is 48.0 Å². The van der Waals surface area contributed by atoms with E-state index in [1.54, 1.807) is 11.8 Å². The van der Waals surface area contributed by atoms with Crippen LogP contribution >= 0.6 is 0 Å². The number of benzene rings is 1. The standard InChI is InChI=1S/C27H33N3O7.C2H6/c1-5-15-35-19(3)22(28-26(33)36-16-6-2)24(31)30-14-10-13-21(30)23-29-27(18-37-23,25(32)34-4)17-20-11-8-7-9-12-20;1-2/h1,6-9,11-12,19,21-22H,2,10,13-18H2,3-4H3,(H,28,33);1-2H3/t19-,21?,22+,27-;/m1./s1. The fourth-order valence-corrected chi connectivity index (χ4v) is 4.46. The van der Waals surface area contributed by atoms with Crippen molar-refractivity contribution in [1.29, 1.82) is 0 Å². The maximum atomic E-state index is 13.7. The van der Waals surface area contributed by atoms with E-state index in [2.05, 4.69) is 17.8 Å². The van der Waals surface area contributed by atoms with Crippen molar-refractivity contribution < 1.29 is 33.3 Å². The number of esters is 1. The monoisotopic (exact) mass is 541 g/mol. The van der Waals surface area contributed by atoms with Gasteiger partial charge in [-0.2, -0.15) is 0 Å². The first kappa shape index (κ1) is 31.4. The second kappa shape index (κ2) is 15.5. The van der Waals surface area contributed by atoms with E-state index < -0.39 is 41.7 Å². The van der Waals surface area contributed by atoms with E-state index in [1.165, 1.54) is 13.2 Å². The summed E-state index contributed by atoms with van der Waals surface area (Å²) in [5.41, 5.74) is -0.347. The SMILES string of the molecule is C#CCO[C@H](C)[C@H](NC(=O)OCC=C)C(=O)N1CCCC1C1=N[C@@](Cc2ccccc2)(C(=O)OC)CO1.CC. The zero-order chi connectivity index (χ0) is 28.8. The predicted molar refractivity (Wildman–Crippen MR) is 147 cm³/mol. The smallest absolute Gasteiger partial charge is 0.408 e. The van der Waals surface area contributed by atoms with E-state index in [1.807, 2.05) is 44.2 Å². The molecule has 1 unspecified atom stereocenters. The number of terminal acetylenes is 1. The van der Waals surface area contributed by atoms with Gasteiger partial charge >= 0.3 is 12.1 Å². The summed E-state index contributed by atoms with van der Waals surface area (Å²) in [6.45, 7) is 9.52. The van der Waals surface area contributed by atoms with Crippen molar-refractivity contribution in [3.8, 4) is 12.3 Å². The zero-order valence-electron chi connectivity index (χ0n) is 23.2. The van der Waals surface area contributed by atoms with Gasteiger partial charge in [-0.1, -0.05) is 62.8 Å². The summed E-state index contributed by atoms with van der Waals surface area (Å²) < 4.78 is 21.6. The molecule has 4 atom stereocenters. The highest BCUT2D eigenvalue weighted by molar-refractivity contribution is 5.95. The number of alkyl carbamates (subject to hydrolysis) is 1. The van der Waals surface area contributed by atoms with Crippen molar-refractivity contribution in [1.82, 2.24) is 10.2 Å². The van der Waals surface area contributed by atoms with Crippen LogP contribution in [-0.4, -0.2) is 86.0 Å². The lowest BCUT2D eigenvalue weighted by Crippen LogP contribution is -2.56. The Morgan fingerprint density at radius 3 is 2.69 bits per heavy atom. The van der Waals surface area contributed by atoms with Gasteiger partial charge in [-0.3, -0.25) is 4.79 Å². The number of amides is 2. The highest BCUT2D eigenvalue weighted by Crippen LogP contribution is 2.31. The summed E-state index contributed by atoms with van der Waals surface area (Å²) in [6, 6.07) is 7.89. The van der Waals surface area contributed by atoms with Gasteiger partial charge in [-0.05, 0) is 25.3 Å². The van der Waals surface area contributed by atoms with E-state index in [0.717, 1.165) is 5.56 Å². The number of hydrogen-bond acceptors (Lipinski definition) is 8. The van der Waals surface area contributed by atoms with Gasteiger partial charge in [0.05, 0.1) is 13.2 Å². The highest BCUT2D eigenvalue weighted by Gasteiger charge is 2.49. The van der Waals surface area contributed by atoms with Gasteiger partial charge in [-0.15, -0.1) is 6.42 Å². The molecular weight excluding hydrogens is 502 g/mol. The Balaban J connectivity index is 0.00000260. The number of hydrogen-bond donors (Lipinski definition) is 1. The van der Waals surface area contributed by atoms with Crippen LogP contribution in [0.4, 0.5) is 4.79 Å². The summed E-state index contributed by atoms with van der Waals surface area (Å²) in [5, 5.41) is 2.58. The molecule has 39 heavy (non-hydrogen) atoms. The minimum Gasteiger partial charge on any atom is -0.476 e. The van der Waals surface area contributed by atoms with E-state index >= 15 is 0 Å². The first-order chi connectivity index (χ1) is 18.8. The third-order valence-electron chi connectivity index (χ3n) is 6.28. The van der Waals surface area contributed by atoms with Crippen LogP contribution in [0.25, 0.3) is 0 Å². The van der Waals surface area contributed by atoms with Gasteiger partial charge in [-0.25, -0.2) is 14.6 Å². The van der Waals surface area contributed by atoms with Crippen molar-refractivity contribution in [2.24, 2.45) is 4.99 Å². The number of ether oxygens (including phenoxy) is 4. The maximum Gasteiger partial charge on any atom is 0.408 e. The molecule has 0 aromatic heterocycles. The molecular formula is C29H39N3O7. The molecule has 1 aromatic carbocycles. The number of rotatable bonds is 11. The Bertz CT molecular complexity index is 1050. The molecule has 0 aliphatic carbocycles. The Hall–Kier alpha value is -3.84. The molecule has 0 radical (unpaired) electrons. The molecule has 0 saturated carbocycles. The van der Waals surface area contributed by atoms with Gasteiger partial charge < -0.3 is 29.2 Å². The molecule has 0 spiro atoms. The van der Waals surface area contributed by atoms with E-state index in [9.17, 15) is 14.4 Å². The second-order valence-corrected chi connectivity index (χ2v) is 8.84. The zero-order valence-corrected chi connectivity index (χ0v) is 23.2. The molecule has 2 amide bonds. The van der Waals surface area contributed by atoms with Gasteiger partial charge in [0.25, 0.3) is 0 Å². The third-order valence-corrected chi connectivity index (χ3v) is 6.28. The first-order valence-corrected chi connectivity index (χ1v) is 13.1. The maximum absolute atomic E-state index is 13.7. The number of likely N-dealkylation sites (tertiary alicyclic amines) is 1. The number of aliphatic imine (C=N–C) groups is 1. The van der Waals surface area contributed by atoms with Crippen molar-refractivity contribution in [3.63, 3.8) is 0 Å². The third kappa shape index (κ3) is 8.07. The minimum atomic E-state index is -1.25. The first-order valence-electron chi connectivity index (χ1n) is 13.1. The Labute approximate surface area is 230 Å². The molecule has 2 heterocycles. The largest absolute Gasteiger partial charge is 0.476 e. The van der Waals surface area contributed by atoms with Crippen LogP contribution in [0.2, 0.25) is 0 Å². The fraction of sp³-hybridized carbons (Fsp3) is 0.517. The molecule has 10 heteroatoms. The second-order valence-electron chi connectivity index (χ2n) is 8.84. The van der Waals surface area contributed by atoms with E-state index in [4.69, 9.17) is 30.4 Å². The van der Waals surface area contributed by atoms with Gasteiger partial charge in [0.1, 0.15) is 31.9 Å². The van der Waals surface area contributed by atoms with Crippen LogP contribution in [0.3, 0.4) is 0 Å². The van der Waals surface area contributed by atoms with Gasteiger partial charge in [0.15, 0.2) is 5.54 Å². The van der Waals surface area contributed by atoms with E-state index in [0.29, 0.717) is 25.8 Å². The molecule has 10 nitrogen and oxygen atoms in total. The molecule has 1 N–H and O–H groups in total. The lowest BCUT2D eigenvalue weighted by atomic mass is 9.92. The Morgan fingerprint density at radius 2 is 2.05 bits per heavy atom. The summed E-state index contributed by atoms with van der Waals surface area (Å²) in [5.74, 6) is 1.74. The van der Waals surface area contributed by atoms with Crippen LogP contribution in [-0.2, 0) is 35.0 Å². The summed E-state index contributed by atoms with van der Waals surface area (Å²) in [6.07, 6.45) is 6.77. The quantitative estimate of drug-likeness (QED) is 0.260. The number of carbonyl (C=O) groups is 3. The molecule has 1 fully saturated rings. The number of nitrogens with one attached hydrogen (secondary N) is 1. The van der Waals surface area contributed by atoms with Crippen LogP contribution in [0, 0.1) is 12.3 Å². The molecule has 3 rings (SSSR count). The number of methoxy groups -OCH3 is 1.